The molecule has 1 amide bonds. The van der Waals surface area contributed by atoms with Crippen LogP contribution in [0.1, 0.15) is 32.8 Å². The van der Waals surface area contributed by atoms with Gasteiger partial charge in [-0.2, -0.15) is 0 Å². The van der Waals surface area contributed by atoms with E-state index in [0.717, 1.165) is 6.42 Å². The summed E-state index contributed by atoms with van der Waals surface area (Å²) >= 11 is 0. The molecule has 2 atom stereocenters. The van der Waals surface area contributed by atoms with Crippen LogP contribution in [0.4, 0.5) is 0 Å². The molecule has 110 valence electrons. The quantitative estimate of drug-likeness (QED) is 0.828. The van der Waals surface area contributed by atoms with E-state index in [1.165, 1.54) is 5.56 Å². The summed E-state index contributed by atoms with van der Waals surface area (Å²) in [5.74, 6) is 0.254. The Bertz CT molecular complexity index is 464. The molecule has 0 bridgehead atoms. The molecule has 0 radical (unpaired) electrons. The zero-order valence-electron chi connectivity index (χ0n) is 13.3. The van der Waals surface area contributed by atoms with Crippen molar-refractivity contribution in [2.75, 3.05) is 14.1 Å². The minimum absolute atomic E-state index is 0.0501. The first-order chi connectivity index (χ1) is 9.30. The van der Waals surface area contributed by atoms with E-state index in [2.05, 4.69) is 57.0 Å². The van der Waals surface area contributed by atoms with Gasteiger partial charge in [-0.1, -0.05) is 51.1 Å². The van der Waals surface area contributed by atoms with Gasteiger partial charge in [0.1, 0.15) is 0 Å². The highest BCUT2D eigenvalue weighted by Crippen LogP contribution is 2.32. The topological polar surface area (TPSA) is 23.6 Å². The molecule has 0 unspecified atom stereocenters. The first kappa shape index (κ1) is 15.0. The summed E-state index contributed by atoms with van der Waals surface area (Å²) in [6, 6.07) is 10.7. The van der Waals surface area contributed by atoms with Gasteiger partial charge in [0.25, 0.3) is 0 Å². The number of carbonyl (C=O) groups excluding carboxylic acids is 1. The molecule has 1 aliphatic rings. The maximum absolute atomic E-state index is 12.3. The molecule has 2 rings (SSSR count). The van der Waals surface area contributed by atoms with Crippen LogP contribution in [0.3, 0.4) is 0 Å². The highest BCUT2D eigenvalue weighted by Gasteiger charge is 2.41. The average molecular weight is 274 g/mol. The molecule has 1 saturated heterocycles. The lowest BCUT2D eigenvalue weighted by atomic mass is 9.86. The number of rotatable bonds is 2. The van der Waals surface area contributed by atoms with Gasteiger partial charge in [-0.25, -0.2) is 0 Å². The lowest BCUT2D eigenvalue weighted by Gasteiger charge is -2.50. The first-order valence-electron chi connectivity index (χ1n) is 7.32. The van der Waals surface area contributed by atoms with E-state index in [-0.39, 0.29) is 23.5 Å². The van der Waals surface area contributed by atoms with Crippen molar-refractivity contribution in [2.45, 2.75) is 45.8 Å². The molecule has 0 spiro atoms. The summed E-state index contributed by atoms with van der Waals surface area (Å²) in [5, 5.41) is 0. The third-order valence-corrected chi connectivity index (χ3v) is 4.22. The molecule has 1 aromatic carbocycles. The maximum Gasteiger partial charge on any atom is 0.225 e. The Morgan fingerprint density at radius 1 is 1.15 bits per heavy atom. The van der Waals surface area contributed by atoms with Crippen molar-refractivity contribution in [1.29, 1.82) is 0 Å². The monoisotopic (exact) mass is 274 g/mol. The van der Waals surface area contributed by atoms with Crippen molar-refractivity contribution in [3.05, 3.63) is 35.9 Å². The molecule has 1 aliphatic heterocycles. The van der Waals surface area contributed by atoms with Crippen LogP contribution in [-0.4, -0.2) is 42.0 Å². The van der Waals surface area contributed by atoms with Gasteiger partial charge in [0.05, 0.1) is 6.17 Å². The summed E-state index contributed by atoms with van der Waals surface area (Å²) in [6.07, 6.45) is 1.69. The maximum atomic E-state index is 12.3. The van der Waals surface area contributed by atoms with Gasteiger partial charge >= 0.3 is 0 Å². The number of hydrogen-bond donors (Lipinski definition) is 0. The molecule has 3 nitrogen and oxygen atoms in total. The van der Waals surface area contributed by atoms with Crippen LogP contribution in [0.2, 0.25) is 0 Å². The van der Waals surface area contributed by atoms with E-state index < -0.39 is 0 Å². The number of amides is 1. The Morgan fingerprint density at radius 3 is 2.30 bits per heavy atom. The molecule has 1 fully saturated rings. The highest BCUT2D eigenvalue weighted by atomic mass is 16.2. The summed E-state index contributed by atoms with van der Waals surface area (Å²) in [5.41, 5.74) is 1.35. The van der Waals surface area contributed by atoms with Gasteiger partial charge in [0.2, 0.25) is 5.91 Å². The molecule has 1 heterocycles. The number of nitrogens with zero attached hydrogens (tertiary/aromatic N) is 2. The van der Waals surface area contributed by atoms with E-state index >= 15 is 0 Å². The van der Waals surface area contributed by atoms with Crippen molar-refractivity contribution in [3.8, 4) is 0 Å². The van der Waals surface area contributed by atoms with E-state index in [9.17, 15) is 4.79 Å². The summed E-state index contributed by atoms with van der Waals surface area (Å²) in [6.45, 7) is 6.59. The predicted molar refractivity (Wildman–Crippen MR) is 82.3 cm³/mol. The smallest absolute Gasteiger partial charge is 0.225 e. The second-order valence-electron chi connectivity index (χ2n) is 6.96. The molecular formula is C17H26N2O. The highest BCUT2D eigenvalue weighted by molar-refractivity contribution is 5.77. The SMILES string of the molecule is CN1C(=O)C[C@H](Cc2ccccc2)N(C)[C@@H]1C(C)(C)C. The van der Waals surface area contributed by atoms with Crippen LogP contribution < -0.4 is 0 Å². The number of benzene rings is 1. The molecule has 1 aromatic rings. The van der Waals surface area contributed by atoms with Gasteiger partial charge in [-0.3, -0.25) is 9.69 Å². The standard InChI is InChI=1S/C17H26N2O/c1-17(2,3)16-18(4)14(12-15(20)19(16)5)11-13-9-7-6-8-10-13/h6-10,14,16H,11-12H2,1-5H3/t14-,16-/m0/s1. The molecule has 20 heavy (non-hydrogen) atoms. The van der Waals surface area contributed by atoms with Crippen molar-refractivity contribution in [3.63, 3.8) is 0 Å². The fourth-order valence-electron chi connectivity index (χ4n) is 3.39. The lowest BCUT2D eigenvalue weighted by molar-refractivity contribution is -0.152. The summed E-state index contributed by atoms with van der Waals surface area (Å²) < 4.78 is 0. The van der Waals surface area contributed by atoms with E-state index in [1.54, 1.807) is 0 Å². The predicted octanol–water partition coefficient (Wildman–Crippen LogP) is 2.76. The van der Waals surface area contributed by atoms with Crippen molar-refractivity contribution in [2.24, 2.45) is 5.41 Å². The Morgan fingerprint density at radius 2 is 1.75 bits per heavy atom. The normalized spacial score (nSPS) is 25.1. The van der Waals surface area contributed by atoms with Gasteiger partial charge in [0, 0.05) is 19.5 Å². The summed E-state index contributed by atoms with van der Waals surface area (Å²) in [7, 11) is 4.07. The van der Waals surface area contributed by atoms with Crippen LogP contribution in [0, 0.1) is 5.41 Å². The van der Waals surface area contributed by atoms with Crippen molar-refractivity contribution >= 4 is 5.91 Å². The molecule has 0 aromatic heterocycles. The minimum atomic E-state index is 0.0501. The van der Waals surface area contributed by atoms with Gasteiger partial charge in [0.15, 0.2) is 0 Å². The molecule has 0 saturated carbocycles. The van der Waals surface area contributed by atoms with Crippen LogP contribution in [-0.2, 0) is 11.2 Å². The van der Waals surface area contributed by atoms with Crippen LogP contribution in [0.15, 0.2) is 30.3 Å². The molecule has 0 aliphatic carbocycles. The zero-order valence-corrected chi connectivity index (χ0v) is 13.3. The molecular weight excluding hydrogens is 248 g/mol. The van der Waals surface area contributed by atoms with Crippen LogP contribution in [0.5, 0.6) is 0 Å². The fraction of sp³-hybridized carbons (Fsp3) is 0.588. The largest absolute Gasteiger partial charge is 0.329 e. The second kappa shape index (κ2) is 5.57. The Balaban J connectivity index is 2.20. The number of likely N-dealkylation sites (N-methyl/N-ethyl adjacent to an activating group) is 1. The van der Waals surface area contributed by atoms with Crippen molar-refractivity contribution < 1.29 is 4.79 Å². The average Bonchev–Trinajstić information content (AvgIpc) is 2.36. The first-order valence-corrected chi connectivity index (χ1v) is 7.32. The van der Waals surface area contributed by atoms with E-state index in [0.29, 0.717) is 6.42 Å². The van der Waals surface area contributed by atoms with Crippen LogP contribution >= 0.6 is 0 Å². The van der Waals surface area contributed by atoms with E-state index in [4.69, 9.17) is 0 Å². The Kier molecular flexibility index (Phi) is 4.19. The Hall–Kier alpha value is -1.35. The van der Waals surface area contributed by atoms with Crippen molar-refractivity contribution in [1.82, 2.24) is 9.80 Å². The second-order valence-corrected chi connectivity index (χ2v) is 6.96. The fourth-order valence-corrected chi connectivity index (χ4v) is 3.39. The minimum Gasteiger partial charge on any atom is -0.329 e. The Labute approximate surface area is 122 Å². The third kappa shape index (κ3) is 3.04. The van der Waals surface area contributed by atoms with Gasteiger partial charge in [-0.15, -0.1) is 0 Å². The number of hydrogen-bond acceptors (Lipinski definition) is 2. The zero-order chi connectivity index (χ0) is 14.9. The van der Waals surface area contributed by atoms with Gasteiger partial charge in [-0.05, 0) is 24.4 Å². The lowest BCUT2D eigenvalue weighted by Crippen LogP contribution is -2.62. The molecule has 0 N–H and O–H groups in total. The summed E-state index contributed by atoms with van der Waals surface area (Å²) in [4.78, 5) is 16.6. The number of carbonyl (C=O) groups is 1. The van der Waals surface area contributed by atoms with E-state index in [1.807, 2.05) is 18.0 Å². The molecule has 3 heteroatoms. The van der Waals surface area contributed by atoms with Gasteiger partial charge < -0.3 is 4.90 Å². The third-order valence-electron chi connectivity index (χ3n) is 4.22. The van der Waals surface area contributed by atoms with Crippen LogP contribution in [0.25, 0.3) is 0 Å².